The Morgan fingerprint density at radius 2 is 1.85 bits per heavy atom. The number of hydrogen-bond donors (Lipinski definition) is 1. The smallest absolute Gasteiger partial charge is 0.262 e. The highest BCUT2D eigenvalue weighted by atomic mass is 35.5. The summed E-state index contributed by atoms with van der Waals surface area (Å²) < 4.78 is 1.76. The quantitative estimate of drug-likeness (QED) is 0.398. The van der Waals surface area contributed by atoms with E-state index in [1.165, 1.54) is 16.7 Å². The maximum Gasteiger partial charge on any atom is 0.262 e. The van der Waals surface area contributed by atoms with Gasteiger partial charge in [-0.2, -0.15) is 0 Å². The van der Waals surface area contributed by atoms with Crippen molar-refractivity contribution < 1.29 is 9.59 Å². The zero-order valence-corrected chi connectivity index (χ0v) is 19.9. The molecule has 7 nitrogen and oxygen atoms in total. The molecule has 0 atom stereocenters. The molecule has 172 valence electrons. The standard InChI is InChI=1S/C24H25ClN4O3S/c1-28(14-21(30)26-20-13-7-5-11-18(20)25)22(31)15-33-24-27-19-12-6-4-10-17(19)23(32)29(24)16-8-2-3-9-16/h4-7,10-13,16H,2-3,8-9,14-15H2,1H3,(H,26,30). The van der Waals surface area contributed by atoms with E-state index in [1.807, 2.05) is 18.2 Å². The summed E-state index contributed by atoms with van der Waals surface area (Å²) in [6.45, 7) is -0.106. The van der Waals surface area contributed by atoms with Gasteiger partial charge < -0.3 is 10.2 Å². The molecule has 3 aromatic rings. The first-order valence-electron chi connectivity index (χ1n) is 10.9. The highest BCUT2D eigenvalue weighted by Crippen LogP contribution is 2.32. The number of aromatic nitrogens is 2. The van der Waals surface area contributed by atoms with Gasteiger partial charge in [-0.25, -0.2) is 4.98 Å². The van der Waals surface area contributed by atoms with E-state index >= 15 is 0 Å². The molecular weight excluding hydrogens is 460 g/mol. The average Bonchev–Trinajstić information content (AvgIpc) is 3.33. The van der Waals surface area contributed by atoms with Crippen LogP contribution in [0.15, 0.2) is 58.5 Å². The summed E-state index contributed by atoms with van der Waals surface area (Å²) in [5.41, 5.74) is 1.06. The second-order valence-electron chi connectivity index (χ2n) is 8.09. The van der Waals surface area contributed by atoms with E-state index < -0.39 is 0 Å². The van der Waals surface area contributed by atoms with E-state index in [0.29, 0.717) is 26.8 Å². The molecule has 1 aliphatic rings. The van der Waals surface area contributed by atoms with Crippen LogP contribution in [0.2, 0.25) is 5.02 Å². The molecule has 4 rings (SSSR count). The Labute approximate surface area is 201 Å². The summed E-state index contributed by atoms with van der Waals surface area (Å²) in [4.78, 5) is 44.4. The second kappa shape index (κ2) is 10.4. The molecule has 2 amide bonds. The Balaban J connectivity index is 1.45. The van der Waals surface area contributed by atoms with Crippen molar-refractivity contribution in [3.05, 3.63) is 63.9 Å². The molecule has 0 aliphatic heterocycles. The first kappa shape index (κ1) is 23.3. The van der Waals surface area contributed by atoms with Gasteiger partial charge in [0.1, 0.15) is 0 Å². The molecule has 33 heavy (non-hydrogen) atoms. The molecule has 0 bridgehead atoms. The Hall–Kier alpha value is -2.84. The Bertz CT molecular complexity index is 1240. The van der Waals surface area contributed by atoms with Crippen LogP contribution in [0.25, 0.3) is 10.9 Å². The molecule has 0 spiro atoms. The van der Waals surface area contributed by atoms with Gasteiger partial charge >= 0.3 is 0 Å². The van der Waals surface area contributed by atoms with E-state index in [-0.39, 0.29) is 35.7 Å². The van der Waals surface area contributed by atoms with Gasteiger partial charge in [0.25, 0.3) is 5.56 Å². The number of benzene rings is 2. The number of anilines is 1. The lowest BCUT2D eigenvalue weighted by atomic mass is 10.2. The molecule has 0 radical (unpaired) electrons. The average molecular weight is 485 g/mol. The minimum atomic E-state index is -0.337. The molecule has 0 unspecified atom stereocenters. The molecule has 2 aromatic carbocycles. The molecule has 1 saturated carbocycles. The molecular formula is C24H25ClN4O3S. The number of carbonyl (C=O) groups excluding carboxylic acids is 2. The van der Waals surface area contributed by atoms with Gasteiger partial charge in [-0.1, -0.05) is 60.5 Å². The highest BCUT2D eigenvalue weighted by Gasteiger charge is 2.24. The molecule has 1 N–H and O–H groups in total. The van der Waals surface area contributed by atoms with Crippen LogP contribution in [0.3, 0.4) is 0 Å². The van der Waals surface area contributed by atoms with E-state index in [2.05, 4.69) is 5.32 Å². The van der Waals surface area contributed by atoms with Crippen molar-refractivity contribution >= 4 is 51.8 Å². The third kappa shape index (κ3) is 5.39. The zero-order valence-electron chi connectivity index (χ0n) is 18.3. The SMILES string of the molecule is CN(CC(=O)Nc1ccccc1Cl)C(=O)CSc1nc2ccccc2c(=O)n1C1CCCC1. The maximum absolute atomic E-state index is 13.2. The zero-order chi connectivity index (χ0) is 23.4. The minimum absolute atomic E-state index is 0.0603. The minimum Gasteiger partial charge on any atom is -0.336 e. The number of nitrogens with one attached hydrogen (secondary N) is 1. The van der Waals surface area contributed by atoms with Gasteiger partial charge in [-0.3, -0.25) is 19.0 Å². The van der Waals surface area contributed by atoms with Crippen molar-refractivity contribution in [2.45, 2.75) is 36.9 Å². The Kier molecular flexibility index (Phi) is 7.35. The maximum atomic E-state index is 13.2. The number of amides is 2. The van der Waals surface area contributed by atoms with E-state index in [4.69, 9.17) is 16.6 Å². The van der Waals surface area contributed by atoms with Crippen molar-refractivity contribution in [2.24, 2.45) is 0 Å². The molecule has 1 aliphatic carbocycles. The number of rotatable bonds is 7. The summed E-state index contributed by atoms with van der Waals surface area (Å²) in [7, 11) is 1.58. The highest BCUT2D eigenvalue weighted by molar-refractivity contribution is 7.99. The normalized spacial score (nSPS) is 13.9. The second-order valence-corrected chi connectivity index (χ2v) is 9.44. The van der Waals surface area contributed by atoms with Crippen LogP contribution < -0.4 is 10.9 Å². The Morgan fingerprint density at radius 3 is 2.61 bits per heavy atom. The number of halogens is 1. The number of hydrogen-bond acceptors (Lipinski definition) is 5. The summed E-state index contributed by atoms with van der Waals surface area (Å²) in [5, 5.41) is 4.29. The van der Waals surface area contributed by atoms with Crippen LogP contribution in [0, 0.1) is 0 Å². The summed E-state index contributed by atoms with van der Waals surface area (Å²) in [5.74, 6) is -0.488. The number of carbonyl (C=O) groups is 2. The predicted octanol–water partition coefficient (Wildman–Crippen LogP) is 4.35. The number of fused-ring (bicyclic) bond motifs is 1. The van der Waals surface area contributed by atoms with Crippen LogP contribution in [0.1, 0.15) is 31.7 Å². The molecule has 1 heterocycles. The molecule has 0 saturated heterocycles. The summed E-state index contributed by atoms with van der Waals surface area (Å²) in [6.07, 6.45) is 4.03. The van der Waals surface area contributed by atoms with Crippen LogP contribution in [-0.2, 0) is 9.59 Å². The monoisotopic (exact) mass is 484 g/mol. The van der Waals surface area contributed by atoms with Gasteiger partial charge in [-0.05, 0) is 37.1 Å². The Morgan fingerprint density at radius 1 is 1.15 bits per heavy atom. The van der Waals surface area contributed by atoms with Gasteiger partial charge in [0.2, 0.25) is 11.8 Å². The van der Waals surface area contributed by atoms with Crippen molar-refractivity contribution in [3.8, 4) is 0 Å². The van der Waals surface area contributed by atoms with Gasteiger partial charge in [0.15, 0.2) is 5.16 Å². The fourth-order valence-corrected chi connectivity index (χ4v) is 5.19. The van der Waals surface area contributed by atoms with E-state index in [9.17, 15) is 14.4 Å². The summed E-state index contributed by atoms with van der Waals surface area (Å²) >= 11 is 7.32. The lowest BCUT2D eigenvalue weighted by Crippen LogP contribution is -2.36. The largest absolute Gasteiger partial charge is 0.336 e. The van der Waals surface area contributed by atoms with Gasteiger partial charge in [-0.15, -0.1) is 0 Å². The third-order valence-corrected chi connectivity index (χ3v) is 7.01. The van der Waals surface area contributed by atoms with Crippen molar-refractivity contribution in [2.75, 3.05) is 24.7 Å². The fraction of sp³-hybridized carbons (Fsp3) is 0.333. The topological polar surface area (TPSA) is 84.3 Å². The molecule has 9 heteroatoms. The van der Waals surface area contributed by atoms with Gasteiger partial charge in [0.05, 0.1) is 33.9 Å². The number of likely N-dealkylation sites (N-methyl/N-ethyl adjacent to an activating group) is 1. The van der Waals surface area contributed by atoms with Crippen LogP contribution in [-0.4, -0.2) is 45.6 Å². The van der Waals surface area contributed by atoms with E-state index in [0.717, 1.165) is 25.7 Å². The number of para-hydroxylation sites is 2. The van der Waals surface area contributed by atoms with Crippen molar-refractivity contribution in [1.82, 2.24) is 14.5 Å². The van der Waals surface area contributed by atoms with E-state index in [1.54, 1.807) is 41.9 Å². The molecule has 1 aromatic heterocycles. The van der Waals surface area contributed by atoms with Crippen LogP contribution in [0.5, 0.6) is 0 Å². The van der Waals surface area contributed by atoms with Crippen LogP contribution >= 0.6 is 23.4 Å². The fourth-order valence-electron chi connectivity index (χ4n) is 4.00. The van der Waals surface area contributed by atoms with Crippen molar-refractivity contribution in [3.63, 3.8) is 0 Å². The van der Waals surface area contributed by atoms with Gasteiger partial charge in [0, 0.05) is 13.1 Å². The lowest BCUT2D eigenvalue weighted by molar-refractivity contribution is -0.131. The lowest BCUT2D eigenvalue weighted by Gasteiger charge is -2.20. The van der Waals surface area contributed by atoms with Crippen LogP contribution in [0.4, 0.5) is 5.69 Å². The predicted molar refractivity (Wildman–Crippen MR) is 132 cm³/mol. The summed E-state index contributed by atoms with van der Waals surface area (Å²) in [6, 6.07) is 14.3. The third-order valence-electron chi connectivity index (χ3n) is 5.74. The number of nitrogens with zero attached hydrogens (tertiary/aromatic N) is 3. The first-order chi connectivity index (χ1) is 15.9. The number of thioether (sulfide) groups is 1. The molecule has 1 fully saturated rings. The van der Waals surface area contributed by atoms with Crippen molar-refractivity contribution in [1.29, 1.82) is 0 Å². The first-order valence-corrected chi connectivity index (χ1v) is 12.2.